The highest BCUT2D eigenvalue weighted by Gasteiger charge is 2.11. The van der Waals surface area contributed by atoms with Crippen LogP contribution in [0.1, 0.15) is 36.9 Å². The van der Waals surface area contributed by atoms with Crippen LogP contribution in [0.5, 0.6) is 0 Å². The van der Waals surface area contributed by atoms with E-state index in [0.717, 1.165) is 18.9 Å². The molecule has 0 saturated carbocycles. The summed E-state index contributed by atoms with van der Waals surface area (Å²) in [6, 6.07) is 14.0. The Balaban J connectivity index is 2.06. The van der Waals surface area contributed by atoms with Gasteiger partial charge in [-0.2, -0.15) is 0 Å². The summed E-state index contributed by atoms with van der Waals surface area (Å²) < 4.78 is 26.5. The van der Waals surface area contributed by atoms with Gasteiger partial charge in [-0.25, -0.2) is 8.78 Å². The average molecular weight is 275 g/mol. The third-order valence-electron chi connectivity index (χ3n) is 3.33. The highest BCUT2D eigenvalue weighted by atomic mass is 19.1. The molecule has 0 aliphatic rings. The molecule has 20 heavy (non-hydrogen) atoms. The Hall–Kier alpha value is -1.74. The Morgan fingerprint density at radius 3 is 2.45 bits per heavy atom. The van der Waals surface area contributed by atoms with E-state index < -0.39 is 11.6 Å². The second kappa shape index (κ2) is 7.15. The number of halogens is 2. The molecule has 0 spiro atoms. The summed E-state index contributed by atoms with van der Waals surface area (Å²) in [7, 11) is 0. The summed E-state index contributed by atoms with van der Waals surface area (Å²) >= 11 is 0. The first kappa shape index (κ1) is 14.7. The Kier molecular flexibility index (Phi) is 5.24. The fourth-order valence-electron chi connectivity index (χ4n) is 2.26. The van der Waals surface area contributed by atoms with Crippen LogP contribution in [-0.4, -0.2) is 0 Å². The normalized spacial score (nSPS) is 12.3. The van der Waals surface area contributed by atoms with E-state index in [1.54, 1.807) is 0 Å². The third kappa shape index (κ3) is 3.87. The summed E-state index contributed by atoms with van der Waals surface area (Å²) in [4.78, 5) is 0. The van der Waals surface area contributed by atoms with E-state index in [0.29, 0.717) is 12.1 Å². The van der Waals surface area contributed by atoms with Crippen LogP contribution in [0.3, 0.4) is 0 Å². The first-order valence-electron chi connectivity index (χ1n) is 6.93. The Bertz CT molecular complexity index is 540. The minimum absolute atomic E-state index is 0.186. The first-order chi connectivity index (χ1) is 9.70. The van der Waals surface area contributed by atoms with Crippen molar-refractivity contribution in [3.63, 3.8) is 0 Å². The highest BCUT2D eigenvalue weighted by molar-refractivity contribution is 5.21. The Labute approximate surface area is 118 Å². The van der Waals surface area contributed by atoms with Crippen LogP contribution in [-0.2, 0) is 6.54 Å². The van der Waals surface area contributed by atoms with E-state index in [-0.39, 0.29) is 6.04 Å². The van der Waals surface area contributed by atoms with Gasteiger partial charge in [0, 0.05) is 24.2 Å². The van der Waals surface area contributed by atoms with Crippen LogP contribution >= 0.6 is 0 Å². The van der Waals surface area contributed by atoms with Crippen LogP contribution < -0.4 is 5.32 Å². The number of rotatable bonds is 6. The van der Waals surface area contributed by atoms with E-state index >= 15 is 0 Å². The first-order valence-corrected chi connectivity index (χ1v) is 6.93. The summed E-state index contributed by atoms with van der Waals surface area (Å²) in [5, 5.41) is 3.35. The van der Waals surface area contributed by atoms with Crippen molar-refractivity contribution < 1.29 is 8.78 Å². The van der Waals surface area contributed by atoms with Crippen molar-refractivity contribution >= 4 is 0 Å². The minimum Gasteiger partial charge on any atom is -0.306 e. The molecule has 1 nitrogen and oxygen atoms in total. The molecule has 0 aromatic heterocycles. The zero-order valence-electron chi connectivity index (χ0n) is 11.6. The van der Waals surface area contributed by atoms with Gasteiger partial charge < -0.3 is 5.32 Å². The molecule has 0 heterocycles. The second-order valence-electron chi connectivity index (χ2n) is 4.87. The van der Waals surface area contributed by atoms with Gasteiger partial charge in [-0.1, -0.05) is 49.7 Å². The predicted molar refractivity (Wildman–Crippen MR) is 77.3 cm³/mol. The average Bonchev–Trinajstić information content (AvgIpc) is 2.46. The molecule has 0 amide bonds. The third-order valence-corrected chi connectivity index (χ3v) is 3.33. The molecule has 0 bridgehead atoms. The van der Waals surface area contributed by atoms with Crippen LogP contribution in [0.4, 0.5) is 8.78 Å². The van der Waals surface area contributed by atoms with Crippen molar-refractivity contribution in [3.05, 3.63) is 71.3 Å². The standard InChI is InChI=1S/C17H19F2N/c1-2-6-17(13-7-4-3-5-8-13)20-12-14-9-10-15(18)11-16(14)19/h3-5,7-11,17,20H,2,6,12H2,1H3. The van der Waals surface area contributed by atoms with Gasteiger partial charge in [0.2, 0.25) is 0 Å². The van der Waals surface area contributed by atoms with Crippen molar-refractivity contribution in [3.8, 4) is 0 Å². The maximum Gasteiger partial charge on any atom is 0.130 e. The van der Waals surface area contributed by atoms with Gasteiger partial charge >= 0.3 is 0 Å². The quantitative estimate of drug-likeness (QED) is 0.812. The van der Waals surface area contributed by atoms with Gasteiger partial charge in [-0.3, -0.25) is 0 Å². The van der Waals surface area contributed by atoms with Crippen LogP contribution in [0, 0.1) is 11.6 Å². The highest BCUT2D eigenvalue weighted by Crippen LogP contribution is 2.19. The number of benzene rings is 2. The second-order valence-corrected chi connectivity index (χ2v) is 4.87. The molecule has 2 rings (SSSR count). The van der Waals surface area contributed by atoms with E-state index in [1.165, 1.54) is 17.7 Å². The van der Waals surface area contributed by atoms with Crippen LogP contribution in [0.15, 0.2) is 48.5 Å². The van der Waals surface area contributed by atoms with E-state index in [4.69, 9.17) is 0 Å². The summed E-state index contributed by atoms with van der Waals surface area (Å²) in [6.45, 7) is 2.52. The van der Waals surface area contributed by atoms with Gasteiger partial charge in [0.1, 0.15) is 11.6 Å². The molecule has 0 aliphatic carbocycles. The van der Waals surface area contributed by atoms with Crippen molar-refractivity contribution in [2.45, 2.75) is 32.4 Å². The number of hydrogen-bond donors (Lipinski definition) is 1. The van der Waals surface area contributed by atoms with Crippen molar-refractivity contribution in [1.29, 1.82) is 0 Å². The summed E-state index contributed by atoms with van der Waals surface area (Å²) in [5.41, 5.74) is 1.68. The van der Waals surface area contributed by atoms with Gasteiger partial charge in [0.05, 0.1) is 0 Å². The molecule has 1 atom stereocenters. The molecule has 0 aliphatic heterocycles. The summed E-state index contributed by atoms with van der Waals surface area (Å²) in [6.07, 6.45) is 2.02. The lowest BCUT2D eigenvalue weighted by Gasteiger charge is -2.19. The summed E-state index contributed by atoms with van der Waals surface area (Å²) in [5.74, 6) is -1.04. The van der Waals surface area contributed by atoms with Crippen molar-refractivity contribution in [1.82, 2.24) is 5.32 Å². The van der Waals surface area contributed by atoms with Gasteiger partial charge in [0.15, 0.2) is 0 Å². The predicted octanol–water partition coefficient (Wildman–Crippen LogP) is 4.60. The topological polar surface area (TPSA) is 12.0 Å². The van der Waals surface area contributed by atoms with Gasteiger partial charge in [0.25, 0.3) is 0 Å². The molecule has 1 unspecified atom stereocenters. The van der Waals surface area contributed by atoms with Crippen LogP contribution in [0.25, 0.3) is 0 Å². The molecule has 3 heteroatoms. The lowest BCUT2D eigenvalue weighted by molar-refractivity contribution is 0.481. The Morgan fingerprint density at radius 2 is 1.80 bits per heavy atom. The Morgan fingerprint density at radius 1 is 1.05 bits per heavy atom. The minimum atomic E-state index is -0.542. The molecule has 2 aromatic rings. The van der Waals surface area contributed by atoms with Crippen molar-refractivity contribution in [2.24, 2.45) is 0 Å². The zero-order chi connectivity index (χ0) is 14.4. The monoisotopic (exact) mass is 275 g/mol. The smallest absolute Gasteiger partial charge is 0.130 e. The van der Waals surface area contributed by atoms with Gasteiger partial charge in [-0.05, 0) is 18.1 Å². The molecule has 0 saturated heterocycles. The number of hydrogen-bond acceptors (Lipinski definition) is 1. The molecule has 0 fully saturated rings. The number of nitrogens with one attached hydrogen (secondary N) is 1. The molecular formula is C17H19F2N. The fourth-order valence-corrected chi connectivity index (χ4v) is 2.26. The van der Waals surface area contributed by atoms with Crippen molar-refractivity contribution in [2.75, 3.05) is 0 Å². The van der Waals surface area contributed by atoms with Crippen LogP contribution in [0.2, 0.25) is 0 Å². The molecule has 106 valence electrons. The zero-order valence-corrected chi connectivity index (χ0v) is 11.6. The molecule has 0 radical (unpaired) electrons. The molecular weight excluding hydrogens is 256 g/mol. The molecule has 1 N–H and O–H groups in total. The maximum absolute atomic E-state index is 13.6. The SMILES string of the molecule is CCCC(NCc1ccc(F)cc1F)c1ccccc1. The van der Waals surface area contributed by atoms with Gasteiger partial charge in [-0.15, -0.1) is 0 Å². The van der Waals surface area contributed by atoms with E-state index in [9.17, 15) is 8.78 Å². The fraction of sp³-hybridized carbons (Fsp3) is 0.294. The largest absolute Gasteiger partial charge is 0.306 e. The molecule has 2 aromatic carbocycles. The van der Waals surface area contributed by atoms with E-state index in [1.807, 2.05) is 18.2 Å². The maximum atomic E-state index is 13.6. The van der Waals surface area contributed by atoms with E-state index in [2.05, 4.69) is 24.4 Å². The lowest BCUT2D eigenvalue weighted by atomic mass is 10.0. The lowest BCUT2D eigenvalue weighted by Crippen LogP contribution is -2.21.